The first-order valence-electron chi connectivity index (χ1n) is 6.87. The molecule has 6 heteroatoms. The molecule has 1 aliphatic heterocycles. The van der Waals surface area contributed by atoms with Gasteiger partial charge < -0.3 is 23.9 Å². The fourth-order valence-electron chi connectivity index (χ4n) is 2.14. The second-order valence-electron chi connectivity index (χ2n) is 4.61. The molecule has 2 atom stereocenters. The van der Waals surface area contributed by atoms with Crippen LogP contribution in [-0.2, 0) is 14.2 Å². The van der Waals surface area contributed by atoms with E-state index in [9.17, 15) is 4.79 Å². The summed E-state index contributed by atoms with van der Waals surface area (Å²) in [4.78, 5) is 11.4. The Morgan fingerprint density at radius 3 is 3.00 bits per heavy atom. The van der Waals surface area contributed by atoms with Gasteiger partial charge in [0.1, 0.15) is 11.9 Å². The smallest absolute Gasteiger partial charge is 0.373 e. The predicted octanol–water partition coefficient (Wildman–Crippen LogP) is 1.52. The lowest BCUT2D eigenvalue weighted by molar-refractivity contribution is -0.104. The fraction of sp³-hybridized carbons (Fsp3) is 0.643. The van der Waals surface area contributed by atoms with Crippen molar-refractivity contribution < 1.29 is 23.4 Å². The van der Waals surface area contributed by atoms with E-state index in [1.165, 1.54) is 7.11 Å². The van der Waals surface area contributed by atoms with Crippen molar-refractivity contribution in [2.45, 2.75) is 25.5 Å². The molecular formula is C14H21NO5. The molecular weight excluding hydrogens is 262 g/mol. The van der Waals surface area contributed by atoms with E-state index in [1.807, 2.05) is 0 Å². The van der Waals surface area contributed by atoms with Crippen LogP contribution in [0.4, 0.5) is 0 Å². The van der Waals surface area contributed by atoms with Crippen molar-refractivity contribution in [1.82, 2.24) is 5.32 Å². The van der Waals surface area contributed by atoms with E-state index in [-0.39, 0.29) is 17.9 Å². The summed E-state index contributed by atoms with van der Waals surface area (Å²) in [6.07, 6.45) is 0.876. The van der Waals surface area contributed by atoms with E-state index in [0.29, 0.717) is 25.6 Å². The second-order valence-corrected chi connectivity index (χ2v) is 4.61. The van der Waals surface area contributed by atoms with Crippen molar-refractivity contribution in [3.8, 4) is 0 Å². The van der Waals surface area contributed by atoms with Crippen molar-refractivity contribution in [2.75, 3.05) is 33.5 Å². The maximum Gasteiger partial charge on any atom is 0.373 e. The molecule has 0 spiro atoms. The Labute approximate surface area is 118 Å². The maximum atomic E-state index is 11.4. The van der Waals surface area contributed by atoms with Crippen LogP contribution in [0.1, 0.15) is 35.7 Å². The van der Waals surface area contributed by atoms with Gasteiger partial charge in [-0.05, 0) is 25.1 Å². The quantitative estimate of drug-likeness (QED) is 0.798. The van der Waals surface area contributed by atoms with Gasteiger partial charge in [-0.1, -0.05) is 6.92 Å². The molecule has 1 aromatic rings. The topological polar surface area (TPSA) is 69.9 Å². The summed E-state index contributed by atoms with van der Waals surface area (Å²) in [5.41, 5.74) is 0. The number of nitrogens with one attached hydrogen (secondary N) is 1. The highest BCUT2D eigenvalue weighted by Gasteiger charge is 2.29. The average molecular weight is 283 g/mol. The molecule has 20 heavy (non-hydrogen) atoms. The van der Waals surface area contributed by atoms with Crippen LogP contribution in [0.25, 0.3) is 0 Å². The average Bonchev–Trinajstić information content (AvgIpc) is 2.98. The molecule has 0 aliphatic carbocycles. The van der Waals surface area contributed by atoms with E-state index in [0.717, 1.165) is 13.0 Å². The molecule has 0 bridgehead atoms. The number of methoxy groups -OCH3 is 1. The number of carbonyl (C=O) groups is 1. The molecule has 112 valence electrons. The van der Waals surface area contributed by atoms with Crippen LogP contribution in [0.3, 0.4) is 0 Å². The summed E-state index contributed by atoms with van der Waals surface area (Å²) in [6, 6.07) is 3.26. The van der Waals surface area contributed by atoms with Crippen molar-refractivity contribution in [2.24, 2.45) is 0 Å². The molecule has 2 heterocycles. The third-order valence-corrected chi connectivity index (χ3v) is 3.15. The number of ether oxygens (including phenoxy) is 3. The normalized spacial score (nSPS) is 20.6. The third kappa shape index (κ3) is 3.59. The fourth-order valence-corrected chi connectivity index (χ4v) is 2.14. The molecule has 1 aliphatic rings. The summed E-state index contributed by atoms with van der Waals surface area (Å²) in [7, 11) is 1.33. The zero-order chi connectivity index (χ0) is 14.4. The highest BCUT2D eigenvalue weighted by molar-refractivity contribution is 5.86. The summed E-state index contributed by atoms with van der Waals surface area (Å²) >= 11 is 0. The maximum absolute atomic E-state index is 11.4. The molecule has 2 unspecified atom stereocenters. The van der Waals surface area contributed by atoms with Crippen LogP contribution < -0.4 is 5.32 Å². The monoisotopic (exact) mass is 283 g/mol. The largest absolute Gasteiger partial charge is 0.463 e. The molecule has 1 saturated heterocycles. The summed E-state index contributed by atoms with van der Waals surface area (Å²) < 4.78 is 21.4. The zero-order valence-corrected chi connectivity index (χ0v) is 11.9. The van der Waals surface area contributed by atoms with Gasteiger partial charge in [0.15, 0.2) is 0 Å². The number of carbonyl (C=O) groups excluding carboxylic acids is 1. The summed E-state index contributed by atoms with van der Waals surface area (Å²) in [6.45, 7) is 4.61. The van der Waals surface area contributed by atoms with Gasteiger partial charge in [-0.2, -0.15) is 0 Å². The first kappa shape index (κ1) is 15.0. The van der Waals surface area contributed by atoms with Gasteiger partial charge in [0.25, 0.3) is 0 Å². The summed E-state index contributed by atoms with van der Waals surface area (Å²) in [5, 5.41) is 3.37. The number of rotatable bonds is 6. The van der Waals surface area contributed by atoms with Gasteiger partial charge in [0, 0.05) is 0 Å². The Hall–Kier alpha value is -1.37. The lowest BCUT2D eigenvalue weighted by Crippen LogP contribution is -2.40. The minimum absolute atomic E-state index is 0.119. The molecule has 1 fully saturated rings. The summed E-state index contributed by atoms with van der Waals surface area (Å²) in [5.74, 6) is 0.378. The number of esters is 1. The molecule has 1 N–H and O–H groups in total. The minimum Gasteiger partial charge on any atom is -0.463 e. The Morgan fingerprint density at radius 1 is 1.50 bits per heavy atom. The Bertz CT molecular complexity index is 425. The second kappa shape index (κ2) is 7.42. The molecule has 6 nitrogen and oxygen atoms in total. The molecule has 0 aromatic carbocycles. The van der Waals surface area contributed by atoms with Crippen LogP contribution in [0.5, 0.6) is 0 Å². The van der Waals surface area contributed by atoms with E-state index < -0.39 is 5.97 Å². The van der Waals surface area contributed by atoms with Crippen LogP contribution >= 0.6 is 0 Å². The van der Waals surface area contributed by atoms with Crippen LogP contribution in [0.15, 0.2) is 16.5 Å². The Balaban J connectivity index is 2.12. The Morgan fingerprint density at radius 2 is 2.35 bits per heavy atom. The van der Waals surface area contributed by atoms with Crippen LogP contribution in [-0.4, -0.2) is 45.5 Å². The van der Waals surface area contributed by atoms with Crippen LogP contribution in [0.2, 0.25) is 0 Å². The molecule has 0 amide bonds. The predicted molar refractivity (Wildman–Crippen MR) is 71.6 cm³/mol. The van der Waals surface area contributed by atoms with Gasteiger partial charge >= 0.3 is 5.97 Å². The first-order valence-corrected chi connectivity index (χ1v) is 6.87. The van der Waals surface area contributed by atoms with E-state index in [2.05, 4.69) is 17.0 Å². The molecule has 0 saturated carbocycles. The standard InChI is InChI=1S/C14H21NO5/c1-3-6-15-13(12-9-18-7-8-19-12)10-4-5-11(20-10)14(16)17-2/h4-5,12-13,15H,3,6-9H2,1-2H3. The molecule has 1 aromatic heterocycles. The zero-order valence-electron chi connectivity index (χ0n) is 11.9. The van der Waals surface area contributed by atoms with Gasteiger partial charge in [-0.3, -0.25) is 0 Å². The molecule has 0 radical (unpaired) electrons. The molecule has 2 rings (SSSR count). The lowest BCUT2D eigenvalue weighted by Gasteiger charge is -2.29. The number of hydrogen-bond donors (Lipinski definition) is 1. The lowest BCUT2D eigenvalue weighted by atomic mass is 10.1. The van der Waals surface area contributed by atoms with E-state index in [1.54, 1.807) is 12.1 Å². The van der Waals surface area contributed by atoms with Crippen molar-refractivity contribution in [3.05, 3.63) is 23.7 Å². The van der Waals surface area contributed by atoms with Gasteiger partial charge in [-0.25, -0.2) is 4.79 Å². The van der Waals surface area contributed by atoms with Crippen molar-refractivity contribution in [3.63, 3.8) is 0 Å². The SMILES string of the molecule is CCCNC(c1ccc(C(=O)OC)o1)C1COCCO1. The third-order valence-electron chi connectivity index (χ3n) is 3.15. The van der Waals surface area contributed by atoms with Gasteiger partial charge in [-0.15, -0.1) is 0 Å². The highest BCUT2D eigenvalue weighted by Crippen LogP contribution is 2.24. The van der Waals surface area contributed by atoms with Gasteiger partial charge in [0.05, 0.1) is 33.0 Å². The van der Waals surface area contributed by atoms with Crippen molar-refractivity contribution in [1.29, 1.82) is 0 Å². The Kier molecular flexibility index (Phi) is 5.58. The van der Waals surface area contributed by atoms with Crippen LogP contribution in [0, 0.1) is 0 Å². The first-order chi connectivity index (χ1) is 9.76. The number of hydrogen-bond acceptors (Lipinski definition) is 6. The number of furan rings is 1. The minimum atomic E-state index is -0.480. The van der Waals surface area contributed by atoms with E-state index >= 15 is 0 Å². The van der Waals surface area contributed by atoms with E-state index in [4.69, 9.17) is 13.9 Å². The highest BCUT2D eigenvalue weighted by atomic mass is 16.6. The van der Waals surface area contributed by atoms with Gasteiger partial charge in [0.2, 0.25) is 5.76 Å². The van der Waals surface area contributed by atoms with Crippen molar-refractivity contribution >= 4 is 5.97 Å².